The first-order chi connectivity index (χ1) is 9.18. The second-order valence-electron chi connectivity index (χ2n) is 5.12. The maximum Gasteiger partial charge on any atom is 0.312 e. The Kier molecular flexibility index (Phi) is 5.14. The second kappa shape index (κ2) is 6.24. The topological polar surface area (TPSA) is 81.4 Å². The van der Waals surface area contributed by atoms with Crippen molar-refractivity contribution in [1.29, 1.82) is 0 Å². The number of benzene rings is 1. The van der Waals surface area contributed by atoms with E-state index in [0.717, 1.165) is 0 Å². The van der Waals surface area contributed by atoms with Crippen LogP contribution in [0.4, 0.5) is 5.69 Å². The average Bonchev–Trinajstić information content (AvgIpc) is 2.36. The van der Waals surface area contributed by atoms with E-state index in [4.69, 9.17) is 22.1 Å². The lowest BCUT2D eigenvalue weighted by molar-refractivity contribution is -0.142. The van der Waals surface area contributed by atoms with Crippen LogP contribution in [0.25, 0.3) is 0 Å². The van der Waals surface area contributed by atoms with Gasteiger partial charge in [-0.15, -0.1) is 0 Å². The van der Waals surface area contributed by atoms with Gasteiger partial charge in [0.05, 0.1) is 18.6 Å². The highest BCUT2D eigenvalue weighted by atomic mass is 35.5. The third kappa shape index (κ3) is 3.71. The third-order valence-corrected chi connectivity index (χ3v) is 3.20. The molecule has 20 heavy (non-hydrogen) atoms. The Morgan fingerprint density at radius 1 is 1.40 bits per heavy atom. The minimum absolute atomic E-state index is 0.363. The predicted molar refractivity (Wildman–Crippen MR) is 78.8 cm³/mol. The first-order valence-corrected chi connectivity index (χ1v) is 6.52. The highest BCUT2D eigenvalue weighted by Gasteiger charge is 2.26. The molecule has 0 radical (unpaired) electrons. The van der Waals surface area contributed by atoms with Crippen LogP contribution < -0.4 is 11.1 Å². The molecule has 0 spiro atoms. The number of nitrogens with one attached hydrogen (secondary N) is 1. The van der Waals surface area contributed by atoms with Crippen LogP contribution in [0.15, 0.2) is 18.2 Å². The lowest BCUT2D eigenvalue weighted by Crippen LogP contribution is -2.45. The van der Waals surface area contributed by atoms with Crippen molar-refractivity contribution in [3.8, 4) is 0 Å². The maximum atomic E-state index is 12.0. The molecule has 5 nitrogen and oxygen atoms in total. The minimum atomic E-state index is -1.03. The van der Waals surface area contributed by atoms with E-state index in [9.17, 15) is 9.59 Å². The summed E-state index contributed by atoms with van der Waals surface area (Å²) in [6, 6.07) is 5.01. The summed E-state index contributed by atoms with van der Waals surface area (Å²) in [6.07, 6.45) is 0. The summed E-state index contributed by atoms with van der Waals surface area (Å²) in [5.41, 5.74) is 5.68. The molecule has 1 amide bonds. The van der Waals surface area contributed by atoms with E-state index in [1.54, 1.807) is 39.0 Å². The molecule has 110 valence electrons. The number of ether oxygens (including phenoxy) is 1. The maximum absolute atomic E-state index is 12.0. The Morgan fingerprint density at radius 2 is 2.00 bits per heavy atom. The van der Waals surface area contributed by atoms with Crippen LogP contribution in [-0.4, -0.2) is 24.5 Å². The highest BCUT2D eigenvalue weighted by Crippen LogP contribution is 2.32. The number of hydrogen-bond acceptors (Lipinski definition) is 4. The van der Waals surface area contributed by atoms with Crippen LogP contribution in [0.2, 0.25) is 5.02 Å². The smallest absolute Gasteiger partial charge is 0.312 e. The number of hydrogen-bond donors (Lipinski definition) is 2. The van der Waals surface area contributed by atoms with Gasteiger partial charge in [-0.05, 0) is 32.9 Å². The Hall–Kier alpha value is -1.59. The van der Waals surface area contributed by atoms with Gasteiger partial charge < -0.3 is 15.8 Å². The van der Waals surface area contributed by atoms with Gasteiger partial charge in [0.15, 0.2) is 0 Å². The fraction of sp³-hybridized carbons (Fsp3) is 0.429. The molecule has 0 bridgehead atoms. The number of anilines is 1. The van der Waals surface area contributed by atoms with Gasteiger partial charge in [0, 0.05) is 16.3 Å². The summed E-state index contributed by atoms with van der Waals surface area (Å²) in [4.78, 5) is 23.6. The van der Waals surface area contributed by atoms with E-state index < -0.39 is 17.4 Å². The monoisotopic (exact) mass is 298 g/mol. The molecule has 1 aromatic rings. The van der Waals surface area contributed by atoms with Crippen molar-refractivity contribution in [2.75, 3.05) is 12.4 Å². The molecule has 0 aliphatic carbocycles. The van der Waals surface area contributed by atoms with Gasteiger partial charge in [0.25, 0.3) is 0 Å². The molecule has 0 saturated heterocycles. The van der Waals surface area contributed by atoms with Crippen LogP contribution >= 0.6 is 11.6 Å². The summed E-state index contributed by atoms with van der Waals surface area (Å²) in [5.74, 6) is -1.39. The number of esters is 1. The first kappa shape index (κ1) is 16.5. The van der Waals surface area contributed by atoms with Crippen molar-refractivity contribution in [2.45, 2.75) is 32.2 Å². The molecule has 0 aromatic heterocycles. The van der Waals surface area contributed by atoms with E-state index in [0.29, 0.717) is 16.3 Å². The number of carbonyl (C=O) groups is 2. The number of halogens is 1. The molecule has 3 N–H and O–H groups in total. The molecule has 0 aliphatic heterocycles. The number of nitrogens with two attached hydrogens (primary N) is 1. The largest absolute Gasteiger partial charge is 0.469 e. The first-order valence-electron chi connectivity index (χ1n) is 6.15. The summed E-state index contributed by atoms with van der Waals surface area (Å²) in [5, 5.41) is 3.08. The van der Waals surface area contributed by atoms with E-state index >= 15 is 0 Å². The molecule has 1 atom stereocenters. The van der Waals surface area contributed by atoms with Gasteiger partial charge in [-0.25, -0.2) is 0 Å². The van der Waals surface area contributed by atoms with Crippen molar-refractivity contribution in [1.82, 2.24) is 0 Å². The quantitative estimate of drug-likeness (QED) is 0.836. The zero-order valence-electron chi connectivity index (χ0n) is 12.0. The van der Waals surface area contributed by atoms with Crippen molar-refractivity contribution in [3.05, 3.63) is 28.8 Å². The standard InChI is InChI=1S/C14H19ClN2O3/c1-8(12(18)20-4)11-9(15)6-5-7-10(11)17-13(19)14(2,3)16/h5-8H,16H2,1-4H3,(H,17,19). The summed E-state index contributed by atoms with van der Waals surface area (Å²) < 4.78 is 4.71. The zero-order chi connectivity index (χ0) is 15.5. The summed E-state index contributed by atoms with van der Waals surface area (Å²) in [7, 11) is 1.30. The fourth-order valence-electron chi connectivity index (χ4n) is 1.66. The lowest BCUT2D eigenvalue weighted by Gasteiger charge is -2.21. The van der Waals surface area contributed by atoms with Crippen LogP contribution in [0, 0.1) is 0 Å². The average molecular weight is 299 g/mol. The Morgan fingerprint density at radius 3 is 2.50 bits per heavy atom. The SMILES string of the molecule is COC(=O)C(C)c1c(Cl)cccc1NC(=O)C(C)(C)N. The lowest BCUT2D eigenvalue weighted by atomic mass is 9.98. The molecule has 1 rings (SSSR count). The number of rotatable bonds is 4. The van der Waals surface area contributed by atoms with Crippen LogP contribution in [-0.2, 0) is 14.3 Å². The molecule has 1 aromatic carbocycles. The fourth-order valence-corrected chi connectivity index (χ4v) is 2.00. The Bertz CT molecular complexity index is 524. The molecule has 0 saturated carbocycles. The molecule has 1 unspecified atom stereocenters. The molecule has 6 heteroatoms. The minimum Gasteiger partial charge on any atom is -0.469 e. The molecular formula is C14H19ClN2O3. The second-order valence-corrected chi connectivity index (χ2v) is 5.53. The molecule has 0 heterocycles. The third-order valence-electron chi connectivity index (χ3n) is 2.87. The number of methoxy groups -OCH3 is 1. The van der Waals surface area contributed by atoms with Crippen molar-refractivity contribution in [3.63, 3.8) is 0 Å². The molecule has 0 fully saturated rings. The van der Waals surface area contributed by atoms with E-state index in [1.807, 2.05) is 0 Å². The van der Waals surface area contributed by atoms with Gasteiger partial charge in [-0.3, -0.25) is 9.59 Å². The van der Waals surface area contributed by atoms with Crippen molar-refractivity contribution >= 4 is 29.2 Å². The van der Waals surface area contributed by atoms with Crippen molar-refractivity contribution < 1.29 is 14.3 Å². The Balaban J connectivity index is 3.18. The molecule has 0 aliphatic rings. The van der Waals surface area contributed by atoms with Crippen LogP contribution in [0.5, 0.6) is 0 Å². The number of amides is 1. The predicted octanol–water partition coefficient (Wildman–Crippen LogP) is 2.29. The van der Waals surface area contributed by atoms with E-state index in [2.05, 4.69) is 5.32 Å². The summed E-state index contributed by atoms with van der Waals surface area (Å²) >= 11 is 6.13. The van der Waals surface area contributed by atoms with Gasteiger partial charge >= 0.3 is 5.97 Å². The zero-order valence-corrected chi connectivity index (χ0v) is 12.7. The van der Waals surface area contributed by atoms with Crippen LogP contribution in [0.1, 0.15) is 32.3 Å². The van der Waals surface area contributed by atoms with Crippen molar-refractivity contribution in [2.24, 2.45) is 5.73 Å². The van der Waals surface area contributed by atoms with E-state index in [-0.39, 0.29) is 5.91 Å². The van der Waals surface area contributed by atoms with Gasteiger partial charge in [0.1, 0.15) is 0 Å². The van der Waals surface area contributed by atoms with Crippen LogP contribution in [0.3, 0.4) is 0 Å². The van der Waals surface area contributed by atoms with Gasteiger partial charge in [-0.2, -0.15) is 0 Å². The molecular weight excluding hydrogens is 280 g/mol. The van der Waals surface area contributed by atoms with E-state index in [1.165, 1.54) is 7.11 Å². The number of carbonyl (C=O) groups excluding carboxylic acids is 2. The Labute approximate surface area is 123 Å². The highest BCUT2D eigenvalue weighted by molar-refractivity contribution is 6.32. The summed E-state index contributed by atoms with van der Waals surface area (Å²) in [6.45, 7) is 4.85. The van der Waals surface area contributed by atoms with Gasteiger partial charge in [0.2, 0.25) is 5.91 Å². The van der Waals surface area contributed by atoms with Gasteiger partial charge in [-0.1, -0.05) is 17.7 Å². The normalized spacial score (nSPS) is 12.7.